The summed E-state index contributed by atoms with van der Waals surface area (Å²) >= 11 is 0. The van der Waals surface area contributed by atoms with Crippen molar-refractivity contribution in [2.75, 3.05) is 7.11 Å². The number of carbonyl (C=O) groups excluding carboxylic acids is 2. The van der Waals surface area contributed by atoms with Gasteiger partial charge in [-0.1, -0.05) is 42.0 Å². The monoisotopic (exact) mass is 367 g/mol. The van der Waals surface area contributed by atoms with E-state index >= 15 is 0 Å². The van der Waals surface area contributed by atoms with Crippen LogP contribution in [0.5, 0.6) is 0 Å². The molecule has 1 heterocycles. The van der Waals surface area contributed by atoms with Gasteiger partial charge in [0.25, 0.3) is 0 Å². The zero-order chi connectivity index (χ0) is 19.6. The summed E-state index contributed by atoms with van der Waals surface area (Å²) in [6.07, 6.45) is 0.0943. The Labute approximate surface area is 158 Å². The largest absolute Gasteiger partial charge is 0.466 e. The first-order chi connectivity index (χ1) is 12.9. The molecule has 0 saturated heterocycles. The fourth-order valence-electron chi connectivity index (χ4n) is 3.46. The molecule has 0 saturated carbocycles. The minimum Gasteiger partial charge on any atom is -0.466 e. The lowest BCUT2D eigenvalue weighted by Gasteiger charge is -2.34. The first kappa shape index (κ1) is 18.8. The van der Waals surface area contributed by atoms with Crippen molar-refractivity contribution in [2.24, 2.45) is 0 Å². The Balaban J connectivity index is 2.02. The number of hydrogen-bond donors (Lipinski definition) is 0. The third-order valence-corrected chi connectivity index (χ3v) is 4.94. The van der Waals surface area contributed by atoms with Crippen molar-refractivity contribution in [3.8, 4) is 0 Å². The maximum absolute atomic E-state index is 13.7. The van der Waals surface area contributed by atoms with Crippen molar-refractivity contribution in [1.29, 1.82) is 0 Å². The van der Waals surface area contributed by atoms with Crippen molar-refractivity contribution >= 4 is 11.9 Å². The number of ether oxygens (including phenoxy) is 1. The minimum atomic E-state index is -0.519. The van der Waals surface area contributed by atoms with Crippen molar-refractivity contribution in [3.05, 3.63) is 82.3 Å². The highest BCUT2D eigenvalue weighted by atomic mass is 19.1. The highest BCUT2D eigenvalue weighted by Gasteiger charge is 2.36. The fourth-order valence-corrected chi connectivity index (χ4v) is 3.46. The van der Waals surface area contributed by atoms with Gasteiger partial charge in [0.2, 0.25) is 5.91 Å². The molecule has 4 nitrogen and oxygen atoms in total. The number of hydrogen-bond acceptors (Lipinski definition) is 3. The molecule has 3 rings (SSSR count). The van der Waals surface area contributed by atoms with Gasteiger partial charge < -0.3 is 9.64 Å². The SMILES string of the molecule is COC(=O)C1=C(C)N(Cc2ccc(C)cc2)C(=O)C[C@@H]1c1cccc(F)c1. The van der Waals surface area contributed by atoms with Crippen LogP contribution in [-0.2, 0) is 20.9 Å². The van der Waals surface area contributed by atoms with Gasteiger partial charge in [-0.15, -0.1) is 0 Å². The van der Waals surface area contributed by atoms with Crippen LogP contribution in [-0.4, -0.2) is 23.9 Å². The lowest BCUT2D eigenvalue weighted by atomic mass is 9.83. The summed E-state index contributed by atoms with van der Waals surface area (Å²) in [5.74, 6) is -1.52. The topological polar surface area (TPSA) is 46.6 Å². The number of methoxy groups -OCH3 is 1. The minimum absolute atomic E-state index is 0.0943. The molecule has 0 aromatic heterocycles. The third-order valence-electron chi connectivity index (χ3n) is 4.94. The maximum Gasteiger partial charge on any atom is 0.336 e. The summed E-state index contributed by atoms with van der Waals surface area (Å²) in [5.41, 5.74) is 3.65. The molecule has 2 aromatic rings. The average Bonchev–Trinajstić information content (AvgIpc) is 2.65. The lowest BCUT2D eigenvalue weighted by molar-refractivity contribution is -0.138. The average molecular weight is 367 g/mol. The number of rotatable bonds is 4. The van der Waals surface area contributed by atoms with Crippen molar-refractivity contribution in [1.82, 2.24) is 4.90 Å². The Morgan fingerprint density at radius 2 is 1.89 bits per heavy atom. The number of carbonyl (C=O) groups is 2. The number of halogens is 1. The van der Waals surface area contributed by atoms with E-state index in [1.54, 1.807) is 24.0 Å². The highest BCUT2D eigenvalue weighted by Crippen LogP contribution is 2.37. The number of amides is 1. The van der Waals surface area contributed by atoms with Crippen molar-refractivity contribution in [2.45, 2.75) is 32.7 Å². The molecule has 0 radical (unpaired) electrons. The number of nitrogens with zero attached hydrogens (tertiary/aromatic N) is 1. The van der Waals surface area contributed by atoms with Gasteiger partial charge in [-0.05, 0) is 37.1 Å². The molecule has 1 aliphatic rings. The van der Waals surface area contributed by atoms with Crippen LogP contribution in [0.4, 0.5) is 4.39 Å². The van der Waals surface area contributed by atoms with Gasteiger partial charge in [0.1, 0.15) is 5.82 Å². The van der Waals surface area contributed by atoms with Crippen LogP contribution >= 0.6 is 0 Å². The summed E-state index contributed by atoms with van der Waals surface area (Å²) in [5, 5.41) is 0. The molecular formula is C22H22FNO3. The smallest absolute Gasteiger partial charge is 0.336 e. The zero-order valence-electron chi connectivity index (χ0n) is 15.7. The van der Waals surface area contributed by atoms with Gasteiger partial charge >= 0.3 is 5.97 Å². The van der Waals surface area contributed by atoms with Crippen LogP contribution in [0.3, 0.4) is 0 Å². The molecule has 1 atom stereocenters. The van der Waals surface area contributed by atoms with E-state index in [0.29, 0.717) is 23.4 Å². The number of aryl methyl sites for hydroxylation is 1. The Bertz CT molecular complexity index is 902. The summed E-state index contributed by atoms with van der Waals surface area (Å²) < 4.78 is 18.7. The van der Waals surface area contributed by atoms with E-state index in [2.05, 4.69) is 0 Å². The second kappa shape index (κ2) is 7.74. The molecule has 0 N–H and O–H groups in total. The Morgan fingerprint density at radius 3 is 2.52 bits per heavy atom. The van der Waals surface area contributed by atoms with Crippen LogP contribution in [0.2, 0.25) is 0 Å². The molecule has 1 aliphatic heterocycles. The van der Waals surface area contributed by atoms with Crippen molar-refractivity contribution < 1.29 is 18.7 Å². The number of benzene rings is 2. The van der Waals surface area contributed by atoms with Gasteiger partial charge in [0.05, 0.1) is 19.2 Å². The van der Waals surface area contributed by atoms with E-state index in [1.807, 2.05) is 31.2 Å². The molecule has 0 bridgehead atoms. The van der Waals surface area contributed by atoms with Crippen LogP contribution in [0.25, 0.3) is 0 Å². The standard InChI is InChI=1S/C22H22FNO3/c1-14-7-9-16(10-8-14)13-24-15(2)21(22(26)27-3)19(12-20(24)25)17-5-4-6-18(23)11-17/h4-11,19H,12-13H2,1-3H3/t19-/m1/s1. The first-order valence-corrected chi connectivity index (χ1v) is 8.81. The second-order valence-corrected chi connectivity index (χ2v) is 6.77. The molecule has 140 valence electrons. The Morgan fingerprint density at radius 1 is 1.19 bits per heavy atom. The second-order valence-electron chi connectivity index (χ2n) is 6.77. The summed E-state index contributed by atoms with van der Waals surface area (Å²) in [4.78, 5) is 26.9. The van der Waals surface area contributed by atoms with E-state index < -0.39 is 17.7 Å². The van der Waals surface area contributed by atoms with E-state index in [0.717, 1.165) is 11.1 Å². The molecule has 0 aliphatic carbocycles. The van der Waals surface area contributed by atoms with E-state index in [1.165, 1.54) is 19.2 Å². The molecule has 0 fully saturated rings. The van der Waals surface area contributed by atoms with Crippen LogP contribution in [0.15, 0.2) is 59.8 Å². The lowest BCUT2D eigenvalue weighted by Crippen LogP contribution is -2.38. The number of esters is 1. The Hall–Kier alpha value is -2.95. The maximum atomic E-state index is 13.7. The van der Waals surface area contributed by atoms with Crippen LogP contribution in [0, 0.1) is 12.7 Å². The molecule has 2 aromatic carbocycles. The first-order valence-electron chi connectivity index (χ1n) is 8.81. The predicted octanol–water partition coefficient (Wildman–Crippen LogP) is 4.10. The van der Waals surface area contributed by atoms with Crippen LogP contribution in [0.1, 0.15) is 36.0 Å². The summed E-state index contributed by atoms with van der Waals surface area (Å²) in [6.45, 7) is 4.12. The summed E-state index contributed by atoms with van der Waals surface area (Å²) in [6, 6.07) is 13.9. The molecule has 27 heavy (non-hydrogen) atoms. The Kier molecular flexibility index (Phi) is 5.40. The predicted molar refractivity (Wildman–Crippen MR) is 100 cm³/mol. The molecule has 1 amide bonds. The quantitative estimate of drug-likeness (QED) is 0.765. The fraction of sp³-hybridized carbons (Fsp3) is 0.273. The molecule has 0 spiro atoms. The van der Waals surface area contributed by atoms with E-state index in [-0.39, 0.29) is 12.3 Å². The molecule has 5 heteroatoms. The zero-order valence-corrected chi connectivity index (χ0v) is 15.7. The molecular weight excluding hydrogens is 345 g/mol. The van der Waals surface area contributed by atoms with Gasteiger partial charge in [-0.2, -0.15) is 0 Å². The van der Waals surface area contributed by atoms with Crippen LogP contribution < -0.4 is 0 Å². The normalized spacial score (nSPS) is 17.3. The summed E-state index contributed by atoms with van der Waals surface area (Å²) in [7, 11) is 1.31. The van der Waals surface area contributed by atoms with Gasteiger partial charge in [0, 0.05) is 18.0 Å². The highest BCUT2D eigenvalue weighted by molar-refractivity contribution is 5.95. The number of allylic oxidation sites excluding steroid dienone is 1. The van der Waals surface area contributed by atoms with Gasteiger partial charge in [0.15, 0.2) is 0 Å². The van der Waals surface area contributed by atoms with Gasteiger partial charge in [-0.3, -0.25) is 4.79 Å². The van der Waals surface area contributed by atoms with Gasteiger partial charge in [-0.25, -0.2) is 9.18 Å². The van der Waals surface area contributed by atoms with E-state index in [4.69, 9.17) is 4.74 Å². The van der Waals surface area contributed by atoms with E-state index in [9.17, 15) is 14.0 Å². The third kappa shape index (κ3) is 3.92. The molecule has 0 unspecified atom stereocenters. The van der Waals surface area contributed by atoms with Crippen molar-refractivity contribution in [3.63, 3.8) is 0 Å².